The number of likely N-dealkylation sites (tertiary alicyclic amines) is 1. The number of rotatable bonds is 11. The van der Waals surface area contributed by atoms with E-state index in [1.807, 2.05) is 6.92 Å². The smallest absolute Gasteiger partial charge is 0.249 e. The van der Waals surface area contributed by atoms with E-state index in [0.29, 0.717) is 42.2 Å². The largest absolute Gasteiger partial charge is 0.486 e. The SMILES string of the molecule is CC(=O)C(=[NH2+])c1cc(OCc2ncccn2)ccc1NCC(=O)N1CCC[C@H]1C(=O)NC(C)C1CC1(Cl)Cl. The number of ketones is 1. The molecule has 0 spiro atoms. The third-order valence-corrected chi connectivity index (χ3v) is 7.67. The number of alkyl halides is 2. The van der Waals surface area contributed by atoms with E-state index in [0.717, 1.165) is 6.42 Å². The van der Waals surface area contributed by atoms with Crippen LogP contribution in [0.15, 0.2) is 36.7 Å². The highest BCUT2D eigenvalue weighted by molar-refractivity contribution is 6.51. The molecule has 3 atom stereocenters. The van der Waals surface area contributed by atoms with Crippen LogP contribution in [-0.4, -0.2) is 67.7 Å². The number of carbonyl (C=O) groups is 3. The third kappa shape index (κ3) is 6.60. The van der Waals surface area contributed by atoms with Gasteiger partial charge in [0.05, 0.1) is 12.1 Å². The normalized spacial score (nSPS) is 20.4. The van der Waals surface area contributed by atoms with Crippen LogP contribution in [0.2, 0.25) is 0 Å². The molecule has 4 rings (SSSR count). The molecular weight excluding hydrogens is 531 g/mol. The standard InChI is InChI=1S/C26H30Cl2N6O4/c1-15(19-12-26(19,27)28)33-25(37)21-5-3-10-34(21)23(36)13-32-20-7-6-17(11-18(20)24(29)16(2)35)38-14-22-30-8-4-9-31-22/h4,6-9,11,15,19,21,29,32H,3,5,10,12-14H2,1-2H3,(H,33,37)/p+1/t15?,19?,21-/m0/s1. The fourth-order valence-electron chi connectivity index (χ4n) is 4.54. The van der Waals surface area contributed by atoms with Gasteiger partial charge in [-0.05, 0) is 50.5 Å². The second-order valence-corrected chi connectivity index (χ2v) is 11.1. The summed E-state index contributed by atoms with van der Waals surface area (Å²) in [5.74, 6) is 0.202. The molecule has 1 aromatic heterocycles. The molecule has 2 aromatic rings. The number of hydrogen-bond donors (Lipinski definition) is 3. The molecule has 4 N–H and O–H groups in total. The molecule has 0 radical (unpaired) electrons. The van der Waals surface area contributed by atoms with Crippen molar-refractivity contribution in [2.45, 2.75) is 56.1 Å². The van der Waals surface area contributed by atoms with Crippen LogP contribution in [0.5, 0.6) is 5.75 Å². The van der Waals surface area contributed by atoms with E-state index in [2.05, 4.69) is 20.6 Å². The molecule has 12 heteroatoms. The fraction of sp³-hybridized carbons (Fsp3) is 0.462. The highest BCUT2D eigenvalue weighted by Crippen LogP contribution is 2.54. The van der Waals surface area contributed by atoms with Crippen molar-refractivity contribution in [2.24, 2.45) is 5.92 Å². The first-order valence-corrected chi connectivity index (χ1v) is 13.2. The Labute approximate surface area is 231 Å². The summed E-state index contributed by atoms with van der Waals surface area (Å²) in [5, 5.41) is 12.1. The Hall–Kier alpha value is -3.24. The number of hydrogen-bond acceptors (Lipinski definition) is 7. The van der Waals surface area contributed by atoms with Gasteiger partial charge in [-0.3, -0.25) is 19.8 Å². The molecule has 38 heavy (non-hydrogen) atoms. The summed E-state index contributed by atoms with van der Waals surface area (Å²) < 4.78 is 4.96. The van der Waals surface area contributed by atoms with Crippen LogP contribution in [0.3, 0.4) is 0 Å². The van der Waals surface area contributed by atoms with Crippen LogP contribution < -0.4 is 20.8 Å². The molecule has 2 unspecified atom stereocenters. The topological polar surface area (TPSA) is 139 Å². The van der Waals surface area contributed by atoms with Gasteiger partial charge in [-0.2, -0.15) is 0 Å². The Morgan fingerprint density at radius 2 is 1.97 bits per heavy atom. The first-order valence-electron chi connectivity index (χ1n) is 12.4. The Morgan fingerprint density at radius 1 is 1.26 bits per heavy atom. The van der Waals surface area contributed by atoms with Crippen LogP contribution in [0.1, 0.15) is 44.5 Å². The number of nitrogens with zero attached hydrogens (tertiary/aromatic N) is 3. The van der Waals surface area contributed by atoms with Gasteiger partial charge >= 0.3 is 0 Å². The number of anilines is 1. The molecule has 2 aliphatic rings. The van der Waals surface area contributed by atoms with E-state index < -0.39 is 10.4 Å². The van der Waals surface area contributed by atoms with Gasteiger partial charge in [0.1, 0.15) is 22.7 Å². The van der Waals surface area contributed by atoms with Crippen LogP contribution in [-0.2, 0) is 21.0 Å². The monoisotopic (exact) mass is 561 g/mol. The van der Waals surface area contributed by atoms with Gasteiger partial charge < -0.3 is 20.3 Å². The number of nitrogens with one attached hydrogen (secondary N) is 2. The van der Waals surface area contributed by atoms with E-state index in [1.54, 1.807) is 41.6 Å². The second kappa shape index (κ2) is 11.7. The molecule has 0 bridgehead atoms. The lowest BCUT2D eigenvalue weighted by atomic mass is 10.0. The Balaban J connectivity index is 1.39. The van der Waals surface area contributed by atoms with Gasteiger partial charge in [0.15, 0.2) is 5.82 Å². The van der Waals surface area contributed by atoms with Crippen LogP contribution >= 0.6 is 23.2 Å². The summed E-state index contributed by atoms with van der Waals surface area (Å²) in [5.41, 5.74) is 0.942. The number of aromatic nitrogens is 2. The van der Waals surface area contributed by atoms with Gasteiger partial charge in [0.25, 0.3) is 0 Å². The number of benzene rings is 1. The van der Waals surface area contributed by atoms with E-state index in [4.69, 9.17) is 33.3 Å². The lowest BCUT2D eigenvalue weighted by Crippen LogP contribution is -2.50. The molecule has 1 aliphatic heterocycles. The number of Topliss-reactive ketones (excluding diaryl/α,β-unsaturated/α-hetero) is 1. The van der Waals surface area contributed by atoms with E-state index in [9.17, 15) is 14.4 Å². The predicted molar refractivity (Wildman–Crippen MR) is 143 cm³/mol. The lowest BCUT2D eigenvalue weighted by Gasteiger charge is -2.26. The van der Waals surface area contributed by atoms with Gasteiger partial charge in [0, 0.05) is 43.5 Å². The highest BCUT2D eigenvalue weighted by atomic mass is 35.5. The Bertz CT molecular complexity index is 1230. The lowest BCUT2D eigenvalue weighted by molar-refractivity contribution is -0.137. The van der Waals surface area contributed by atoms with E-state index >= 15 is 0 Å². The molecule has 2 heterocycles. The summed E-state index contributed by atoms with van der Waals surface area (Å²) in [6.07, 6.45) is 5.17. The van der Waals surface area contributed by atoms with Gasteiger partial charge in [-0.1, -0.05) is 0 Å². The summed E-state index contributed by atoms with van der Waals surface area (Å²) in [4.78, 5) is 47.9. The van der Waals surface area contributed by atoms with Gasteiger partial charge in [-0.15, -0.1) is 23.2 Å². The van der Waals surface area contributed by atoms with Crippen molar-refractivity contribution in [1.29, 1.82) is 0 Å². The Morgan fingerprint density at radius 3 is 2.63 bits per heavy atom. The van der Waals surface area contributed by atoms with Crippen LogP contribution in [0.25, 0.3) is 0 Å². The molecule has 1 aromatic carbocycles. The number of carbonyl (C=O) groups excluding carboxylic acids is 3. The number of nitrogens with two attached hydrogens (primary N) is 1. The average molecular weight is 562 g/mol. The maximum atomic E-state index is 13.1. The van der Waals surface area contributed by atoms with E-state index in [1.165, 1.54) is 6.92 Å². The van der Waals surface area contributed by atoms with Crippen molar-refractivity contribution >= 4 is 52.2 Å². The number of amides is 2. The van der Waals surface area contributed by atoms with Crippen LogP contribution in [0.4, 0.5) is 5.69 Å². The molecular formula is C26H31Cl2N6O4+. The van der Waals surface area contributed by atoms with Gasteiger partial charge in [0.2, 0.25) is 23.3 Å². The third-order valence-electron chi connectivity index (χ3n) is 6.80. The minimum absolute atomic E-state index is 0.00409. The quantitative estimate of drug-likeness (QED) is 0.277. The minimum Gasteiger partial charge on any atom is -0.486 e. The molecule has 1 saturated heterocycles. The second-order valence-electron chi connectivity index (χ2n) is 9.60. The zero-order valence-corrected chi connectivity index (χ0v) is 22.8. The summed E-state index contributed by atoms with van der Waals surface area (Å²) in [7, 11) is 0. The fourth-order valence-corrected chi connectivity index (χ4v) is 5.25. The highest BCUT2D eigenvalue weighted by Gasteiger charge is 2.55. The van der Waals surface area contributed by atoms with Crippen LogP contribution in [0, 0.1) is 5.92 Å². The van der Waals surface area contributed by atoms with Crippen molar-refractivity contribution in [3.8, 4) is 5.75 Å². The average Bonchev–Trinajstić information content (AvgIpc) is 3.29. The molecule has 2 fully saturated rings. The molecule has 202 valence electrons. The first-order chi connectivity index (χ1) is 18.1. The maximum absolute atomic E-state index is 13.1. The van der Waals surface area contributed by atoms with Crippen molar-refractivity contribution in [3.63, 3.8) is 0 Å². The van der Waals surface area contributed by atoms with Crippen molar-refractivity contribution in [1.82, 2.24) is 20.2 Å². The molecule has 2 amide bonds. The molecule has 1 aliphatic carbocycles. The summed E-state index contributed by atoms with van der Waals surface area (Å²) >= 11 is 12.3. The maximum Gasteiger partial charge on any atom is 0.249 e. The predicted octanol–water partition coefficient (Wildman–Crippen LogP) is 1.29. The molecule has 1 saturated carbocycles. The number of halogens is 2. The number of ether oxygens (including phenoxy) is 1. The zero-order chi connectivity index (χ0) is 27.4. The van der Waals surface area contributed by atoms with Gasteiger partial charge in [-0.25, -0.2) is 9.97 Å². The summed E-state index contributed by atoms with van der Waals surface area (Å²) in [6, 6.07) is 5.99. The van der Waals surface area contributed by atoms with Crippen molar-refractivity contribution in [2.75, 3.05) is 18.4 Å². The van der Waals surface area contributed by atoms with E-state index in [-0.39, 0.29) is 48.4 Å². The summed E-state index contributed by atoms with van der Waals surface area (Å²) in [6.45, 7) is 3.78. The first kappa shape index (κ1) is 27.8. The van der Waals surface area contributed by atoms with Crippen molar-refractivity contribution in [3.05, 3.63) is 48.0 Å². The Kier molecular flexibility index (Phi) is 8.52. The van der Waals surface area contributed by atoms with Crippen molar-refractivity contribution < 1.29 is 24.5 Å². The minimum atomic E-state index is -0.797. The molecule has 10 nitrogen and oxygen atoms in total. The zero-order valence-electron chi connectivity index (χ0n) is 21.2.